The van der Waals surface area contributed by atoms with Crippen LogP contribution in [0.25, 0.3) is 0 Å². The number of aromatic nitrogens is 1. The van der Waals surface area contributed by atoms with Gasteiger partial charge in [-0.15, -0.1) is 0 Å². The van der Waals surface area contributed by atoms with Gasteiger partial charge in [0.15, 0.2) is 14.9 Å². The van der Waals surface area contributed by atoms with Gasteiger partial charge in [-0.05, 0) is 35.9 Å². The van der Waals surface area contributed by atoms with E-state index in [1.807, 2.05) is 0 Å². The number of alkyl halides is 3. The van der Waals surface area contributed by atoms with Gasteiger partial charge in [-0.1, -0.05) is 0 Å². The van der Waals surface area contributed by atoms with Crippen molar-refractivity contribution < 1.29 is 26.0 Å². The molecule has 0 radical (unpaired) electrons. The molecule has 0 spiro atoms. The van der Waals surface area contributed by atoms with E-state index in [4.69, 9.17) is 0 Å². The number of hydrogen-bond donors (Lipinski definition) is 1. The zero-order valence-corrected chi connectivity index (χ0v) is 12.7. The minimum absolute atomic E-state index is 0.0687. The van der Waals surface area contributed by atoms with Gasteiger partial charge < -0.3 is 5.32 Å². The summed E-state index contributed by atoms with van der Waals surface area (Å²) in [6.07, 6.45) is -2.39. The van der Waals surface area contributed by atoms with Gasteiger partial charge in [-0.2, -0.15) is 13.2 Å². The molecule has 0 saturated carbocycles. The normalized spacial score (nSPS) is 12.2. The average Bonchev–Trinajstić information content (AvgIpc) is 2.43. The fraction of sp³-hybridized carbons (Fsp3) is 0.214. The second-order valence-electron chi connectivity index (χ2n) is 4.86. The van der Waals surface area contributed by atoms with Gasteiger partial charge in [0, 0.05) is 12.8 Å². The standard InChI is InChI=1S/C14H12F4N2O2S/c1-23(21,22)13-3-2-12(8-20-13)19-7-9-4-10(14(16,17)18)6-11(15)5-9/h2-6,8,19H,7H2,1H3. The van der Waals surface area contributed by atoms with E-state index in [2.05, 4.69) is 10.3 Å². The van der Waals surface area contributed by atoms with Crippen molar-refractivity contribution in [3.8, 4) is 0 Å². The molecule has 23 heavy (non-hydrogen) atoms. The third-order valence-electron chi connectivity index (χ3n) is 2.90. The quantitative estimate of drug-likeness (QED) is 0.862. The smallest absolute Gasteiger partial charge is 0.380 e. The predicted molar refractivity (Wildman–Crippen MR) is 76.1 cm³/mol. The zero-order chi connectivity index (χ0) is 17.3. The van der Waals surface area contributed by atoms with E-state index in [9.17, 15) is 26.0 Å². The maximum absolute atomic E-state index is 13.3. The van der Waals surface area contributed by atoms with Crippen LogP contribution in [0.3, 0.4) is 0 Å². The third kappa shape index (κ3) is 4.65. The molecule has 1 aromatic carbocycles. The van der Waals surface area contributed by atoms with Crippen LogP contribution in [0.15, 0.2) is 41.6 Å². The van der Waals surface area contributed by atoms with Crippen LogP contribution in [0, 0.1) is 5.82 Å². The molecule has 4 nitrogen and oxygen atoms in total. The second kappa shape index (κ2) is 6.15. The lowest BCUT2D eigenvalue weighted by molar-refractivity contribution is -0.137. The Morgan fingerprint density at radius 1 is 1.17 bits per heavy atom. The molecule has 0 amide bonds. The summed E-state index contributed by atoms with van der Waals surface area (Å²) >= 11 is 0. The molecule has 0 fully saturated rings. The van der Waals surface area contributed by atoms with E-state index in [-0.39, 0.29) is 17.1 Å². The van der Waals surface area contributed by atoms with Gasteiger partial charge >= 0.3 is 6.18 Å². The van der Waals surface area contributed by atoms with Crippen molar-refractivity contribution in [2.75, 3.05) is 11.6 Å². The van der Waals surface area contributed by atoms with Gasteiger partial charge in [0.05, 0.1) is 17.4 Å². The maximum Gasteiger partial charge on any atom is 0.416 e. The van der Waals surface area contributed by atoms with Crippen LogP contribution < -0.4 is 5.32 Å². The van der Waals surface area contributed by atoms with Crippen molar-refractivity contribution in [2.24, 2.45) is 0 Å². The van der Waals surface area contributed by atoms with E-state index in [0.717, 1.165) is 18.4 Å². The van der Waals surface area contributed by atoms with E-state index in [1.165, 1.54) is 18.3 Å². The molecule has 0 aliphatic heterocycles. The van der Waals surface area contributed by atoms with Crippen LogP contribution in [0.4, 0.5) is 23.2 Å². The molecule has 1 aromatic heterocycles. The molecule has 0 saturated heterocycles. The molecule has 0 bridgehead atoms. The van der Waals surface area contributed by atoms with Crippen molar-refractivity contribution in [3.05, 3.63) is 53.5 Å². The van der Waals surface area contributed by atoms with E-state index in [0.29, 0.717) is 11.8 Å². The molecule has 2 rings (SSSR count). The van der Waals surface area contributed by atoms with Crippen LogP contribution in [0.5, 0.6) is 0 Å². The summed E-state index contributed by atoms with van der Waals surface area (Å²) < 4.78 is 73.6. The summed E-state index contributed by atoms with van der Waals surface area (Å²) in [5.74, 6) is -0.984. The highest BCUT2D eigenvalue weighted by atomic mass is 32.2. The number of pyridine rings is 1. The molecule has 1 N–H and O–H groups in total. The van der Waals surface area contributed by atoms with Crippen molar-refractivity contribution in [1.82, 2.24) is 4.98 Å². The summed E-state index contributed by atoms with van der Waals surface area (Å²) in [5.41, 5.74) is -0.570. The van der Waals surface area contributed by atoms with Crippen LogP contribution in [-0.4, -0.2) is 19.7 Å². The van der Waals surface area contributed by atoms with Crippen LogP contribution in [0.1, 0.15) is 11.1 Å². The second-order valence-corrected chi connectivity index (χ2v) is 6.82. The first-order chi connectivity index (χ1) is 10.6. The number of nitrogens with zero attached hydrogens (tertiary/aromatic N) is 1. The lowest BCUT2D eigenvalue weighted by Gasteiger charge is -2.11. The molecular formula is C14H12F4N2O2S. The zero-order valence-electron chi connectivity index (χ0n) is 11.9. The van der Waals surface area contributed by atoms with Crippen molar-refractivity contribution in [3.63, 3.8) is 0 Å². The van der Waals surface area contributed by atoms with Crippen LogP contribution in [0.2, 0.25) is 0 Å². The molecule has 0 aliphatic rings. The number of rotatable bonds is 4. The Balaban J connectivity index is 2.14. The lowest BCUT2D eigenvalue weighted by Crippen LogP contribution is -2.08. The van der Waals surface area contributed by atoms with Crippen molar-refractivity contribution >= 4 is 15.5 Å². The Kier molecular flexibility index (Phi) is 4.60. The molecule has 1 heterocycles. The van der Waals surface area contributed by atoms with Crippen molar-refractivity contribution in [2.45, 2.75) is 17.7 Å². The van der Waals surface area contributed by atoms with Gasteiger partial charge in [0.25, 0.3) is 0 Å². The number of anilines is 1. The summed E-state index contributed by atoms with van der Waals surface area (Å²) in [4.78, 5) is 3.73. The summed E-state index contributed by atoms with van der Waals surface area (Å²) in [5, 5.41) is 2.64. The first-order valence-corrected chi connectivity index (χ1v) is 8.21. The summed E-state index contributed by atoms with van der Waals surface area (Å²) in [6, 6.07) is 4.94. The van der Waals surface area contributed by atoms with Gasteiger partial charge in [-0.3, -0.25) is 0 Å². The molecule has 2 aromatic rings. The fourth-order valence-electron chi connectivity index (χ4n) is 1.82. The van der Waals surface area contributed by atoms with E-state index < -0.39 is 27.4 Å². The number of hydrogen-bond acceptors (Lipinski definition) is 4. The topological polar surface area (TPSA) is 59.1 Å². The highest BCUT2D eigenvalue weighted by Crippen LogP contribution is 2.30. The van der Waals surface area contributed by atoms with Gasteiger partial charge in [-0.25, -0.2) is 17.8 Å². The van der Waals surface area contributed by atoms with Crippen molar-refractivity contribution in [1.29, 1.82) is 0 Å². The minimum atomic E-state index is -4.63. The Morgan fingerprint density at radius 3 is 2.39 bits per heavy atom. The minimum Gasteiger partial charge on any atom is -0.380 e. The number of nitrogens with one attached hydrogen (secondary N) is 1. The Labute approximate surface area is 130 Å². The summed E-state index contributed by atoms with van der Waals surface area (Å²) in [6.45, 7) is -0.0687. The Morgan fingerprint density at radius 2 is 1.87 bits per heavy atom. The average molecular weight is 348 g/mol. The van der Waals surface area contributed by atoms with E-state index in [1.54, 1.807) is 0 Å². The Hall–Kier alpha value is -2.16. The first kappa shape index (κ1) is 17.2. The molecule has 124 valence electrons. The molecule has 9 heteroatoms. The number of benzene rings is 1. The predicted octanol–water partition coefficient (Wildman–Crippen LogP) is 3.26. The largest absolute Gasteiger partial charge is 0.416 e. The first-order valence-electron chi connectivity index (χ1n) is 6.32. The molecular weight excluding hydrogens is 336 g/mol. The third-order valence-corrected chi connectivity index (χ3v) is 3.90. The lowest BCUT2D eigenvalue weighted by atomic mass is 10.1. The highest BCUT2D eigenvalue weighted by Gasteiger charge is 2.31. The maximum atomic E-state index is 13.3. The van der Waals surface area contributed by atoms with Crippen LogP contribution in [-0.2, 0) is 22.6 Å². The molecule has 0 aliphatic carbocycles. The molecule has 0 atom stereocenters. The van der Waals surface area contributed by atoms with Gasteiger partial charge in [0.1, 0.15) is 5.82 Å². The SMILES string of the molecule is CS(=O)(=O)c1ccc(NCc2cc(F)cc(C(F)(F)F)c2)cn1. The van der Waals surface area contributed by atoms with Crippen LogP contribution >= 0.6 is 0 Å². The Bertz CT molecular complexity index is 803. The monoisotopic (exact) mass is 348 g/mol. The van der Waals surface area contributed by atoms with E-state index >= 15 is 0 Å². The molecule has 0 unspecified atom stereocenters. The highest BCUT2D eigenvalue weighted by molar-refractivity contribution is 7.90. The fourth-order valence-corrected chi connectivity index (χ4v) is 2.38. The number of halogens is 4. The summed E-state index contributed by atoms with van der Waals surface area (Å²) in [7, 11) is -3.43. The number of sulfone groups is 1. The van der Waals surface area contributed by atoms with Gasteiger partial charge in [0.2, 0.25) is 0 Å².